The van der Waals surface area contributed by atoms with Crippen LogP contribution in [0.25, 0.3) is 0 Å². The highest BCUT2D eigenvalue weighted by atomic mass is 79.9. The summed E-state index contributed by atoms with van der Waals surface area (Å²) in [5.41, 5.74) is -0.403. The van der Waals surface area contributed by atoms with Crippen LogP contribution in [0.3, 0.4) is 0 Å². The van der Waals surface area contributed by atoms with E-state index in [0.717, 1.165) is 0 Å². The Kier molecular flexibility index (Phi) is 8.62. The van der Waals surface area contributed by atoms with E-state index in [9.17, 15) is 27.0 Å². The molecule has 1 aromatic heterocycles. The summed E-state index contributed by atoms with van der Waals surface area (Å²) in [6.45, 7) is 0.989. The first kappa shape index (κ1) is 29.8. The minimum Gasteiger partial charge on any atom is -0.491 e. The summed E-state index contributed by atoms with van der Waals surface area (Å²) in [5.74, 6) is 0.331. The highest BCUT2D eigenvalue weighted by molar-refractivity contribution is 9.10. The van der Waals surface area contributed by atoms with Crippen LogP contribution in [0, 0.1) is 0 Å². The number of aliphatic hydroxyl groups is 2. The van der Waals surface area contributed by atoms with Crippen LogP contribution in [0.15, 0.2) is 57.0 Å². The van der Waals surface area contributed by atoms with Gasteiger partial charge in [0.15, 0.2) is 9.84 Å². The van der Waals surface area contributed by atoms with Crippen LogP contribution in [0.5, 0.6) is 5.75 Å². The van der Waals surface area contributed by atoms with Crippen molar-refractivity contribution in [1.82, 2.24) is 14.6 Å². The Morgan fingerprint density at radius 1 is 1.12 bits per heavy atom. The molecule has 1 aromatic carbocycles. The zero-order chi connectivity index (χ0) is 28.6. The van der Waals surface area contributed by atoms with Crippen molar-refractivity contribution in [3.05, 3.63) is 47.2 Å². The summed E-state index contributed by atoms with van der Waals surface area (Å²) in [6.07, 6.45) is 4.80. The lowest BCUT2D eigenvalue weighted by molar-refractivity contribution is -0.0312. The molecule has 1 aliphatic carbocycles. The number of hydrogen-bond donors (Lipinski definition) is 3. The van der Waals surface area contributed by atoms with E-state index in [1.54, 1.807) is 24.4 Å². The molecule has 0 amide bonds. The molecule has 220 valence electrons. The van der Waals surface area contributed by atoms with Gasteiger partial charge in [0.1, 0.15) is 23.4 Å². The Morgan fingerprint density at radius 2 is 1.88 bits per heavy atom. The summed E-state index contributed by atoms with van der Waals surface area (Å²) in [4.78, 5) is 4.23. The van der Waals surface area contributed by atoms with Crippen LogP contribution < -0.4 is 10.1 Å². The Hall–Kier alpha value is -1.65. The minimum atomic E-state index is -3.66. The first-order chi connectivity index (χ1) is 19.0. The third-order valence-corrected chi connectivity index (χ3v) is 12.9. The summed E-state index contributed by atoms with van der Waals surface area (Å²) in [5, 5.41) is 23.3. The Labute approximate surface area is 243 Å². The molecule has 3 fully saturated rings. The number of nitrogens with one attached hydrogen (secondary N) is 1. The summed E-state index contributed by atoms with van der Waals surface area (Å²) < 4.78 is 64.5. The van der Waals surface area contributed by atoms with Gasteiger partial charge in [0.25, 0.3) is 0 Å². The fraction of sp³-hybridized carbons (Fsp3) is 0.577. The lowest BCUT2D eigenvalue weighted by atomic mass is 9.88. The van der Waals surface area contributed by atoms with Gasteiger partial charge in [-0.2, -0.15) is 4.31 Å². The lowest BCUT2D eigenvalue weighted by Crippen LogP contribution is -2.47. The topological polar surface area (TPSA) is 155 Å². The smallest absolute Gasteiger partial charge is 0.244 e. The van der Waals surface area contributed by atoms with E-state index in [-0.39, 0.29) is 29.0 Å². The maximum Gasteiger partial charge on any atom is 0.244 e. The number of nitrogens with zero attached hydrogens (tertiary/aromatic N) is 2. The molecule has 3 N–H and O–H groups in total. The van der Waals surface area contributed by atoms with Gasteiger partial charge in [-0.15, -0.1) is 0 Å². The van der Waals surface area contributed by atoms with Crippen LogP contribution in [0.1, 0.15) is 32.1 Å². The Bertz CT molecular complexity index is 1430. The van der Waals surface area contributed by atoms with Gasteiger partial charge in [0, 0.05) is 42.5 Å². The number of pyridine rings is 1. The van der Waals surface area contributed by atoms with Crippen molar-refractivity contribution in [3.63, 3.8) is 0 Å². The Balaban J connectivity index is 1.07. The van der Waals surface area contributed by atoms with Gasteiger partial charge in [-0.05, 0) is 72.3 Å². The molecule has 0 bridgehead atoms. The molecule has 14 heteroatoms. The van der Waals surface area contributed by atoms with Gasteiger partial charge >= 0.3 is 0 Å². The first-order valence-electron chi connectivity index (χ1n) is 13.2. The van der Waals surface area contributed by atoms with Crippen molar-refractivity contribution >= 4 is 35.8 Å². The molecule has 2 atom stereocenters. The third kappa shape index (κ3) is 6.09. The van der Waals surface area contributed by atoms with Crippen molar-refractivity contribution in [2.75, 3.05) is 39.5 Å². The maximum atomic E-state index is 13.0. The molecule has 3 aliphatic rings. The molecule has 2 aliphatic heterocycles. The second-order valence-corrected chi connectivity index (χ2v) is 16.0. The number of ether oxygens (including phenoxy) is 2. The number of piperidine rings is 1. The molecule has 5 rings (SSSR count). The van der Waals surface area contributed by atoms with E-state index in [4.69, 9.17) is 9.47 Å². The predicted octanol–water partition coefficient (Wildman–Crippen LogP) is 1.48. The Morgan fingerprint density at radius 3 is 2.55 bits per heavy atom. The van der Waals surface area contributed by atoms with Crippen LogP contribution in [-0.2, 0) is 24.6 Å². The summed E-state index contributed by atoms with van der Waals surface area (Å²) in [7, 11) is -7.29. The minimum absolute atomic E-state index is 0.00812. The monoisotopic (exact) mass is 659 g/mol. The van der Waals surface area contributed by atoms with Gasteiger partial charge in [-0.1, -0.05) is 6.07 Å². The fourth-order valence-electron chi connectivity index (χ4n) is 5.33. The van der Waals surface area contributed by atoms with Crippen molar-refractivity contribution in [3.8, 4) is 5.75 Å². The molecule has 0 radical (unpaired) electrons. The zero-order valence-electron chi connectivity index (χ0n) is 21.9. The summed E-state index contributed by atoms with van der Waals surface area (Å²) in [6, 6.07) is 7.69. The molecular formula is C26H34BrN3O8S2. The van der Waals surface area contributed by atoms with Crippen molar-refractivity contribution < 1.29 is 36.5 Å². The van der Waals surface area contributed by atoms with Crippen LogP contribution >= 0.6 is 15.9 Å². The van der Waals surface area contributed by atoms with Crippen molar-refractivity contribution in [2.24, 2.45) is 0 Å². The van der Waals surface area contributed by atoms with Crippen LogP contribution in [0.4, 0.5) is 0 Å². The highest BCUT2D eigenvalue weighted by Crippen LogP contribution is 2.46. The number of hydrogen-bond acceptors (Lipinski definition) is 10. The lowest BCUT2D eigenvalue weighted by Gasteiger charge is -2.38. The van der Waals surface area contributed by atoms with Gasteiger partial charge in [-0.25, -0.2) is 16.8 Å². The van der Waals surface area contributed by atoms with Crippen molar-refractivity contribution in [1.29, 1.82) is 0 Å². The van der Waals surface area contributed by atoms with Crippen molar-refractivity contribution in [2.45, 2.75) is 64.4 Å². The van der Waals surface area contributed by atoms with Crippen LogP contribution in [-0.4, -0.2) is 98.3 Å². The number of aromatic nitrogens is 1. The number of benzene rings is 1. The van der Waals surface area contributed by atoms with Gasteiger partial charge < -0.3 is 25.0 Å². The fourth-order valence-corrected chi connectivity index (χ4v) is 9.11. The van der Waals surface area contributed by atoms with E-state index in [1.165, 1.54) is 22.6 Å². The molecule has 3 heterocycles. The molecule has 40 heavy (non-hydrogen) atoms. The quantitative estimate of drug-likeness (QED) is 0.323. The maximum absolute atomic E-state index is 13.0. The molecule has 1 spiro atoms. The predicted molar refractivity (Wildman–Crippen MR) is 149 cm³/mol. The number of sulfonamides is 1. The molecule has 2 unspecified atom stereocenters. The zero-order valence-corrected chi connectivity index (χ0v) is 25.1. The molecule has 2 saturated heterocycles. The van der Waals surface area contributed by atoms with Gasteiger partial charge in [0.05, 0.1) is 28.5 Å². The number of rotatable bonds is 11. The average Bonchev–Trinajstić information content (AvgIpc) is 3.67. The van der Waals surface area contributed by atoms with E-state index in [1.807, 2.05) is 0 Å². The number of halogens is 1. The largest absolute Gasteiger partial charge is 0.491 e. The second-order valence-electron chi connectivity index (χ2n) is 10.8. The van der Waals surface area contributed by atoms with Gasteiger partial charge in [-0.3, -0.25) is 4.98 Å². The molecular weight excluding hydrogens is 626 g/mol. The standard InChI is InChI=1S/C26H34BrN3O8S2/c27-19-10-24(15-28-13-19)40(35,36)30-8-6-25(7-9-30)12-20(16-38-25)29-14-21(32)17-37-22-2-1-3-23(11-22)39(33,34)26(18-31)4-5-26/h1-3,10-11,13,15,20-21,29,31-32H,4-9,12,14,16-18H2. The summed E-state index contributed by atoms with van der Waals surface area (Å²) >= 11 is 3.27. The van der Waals surface area contributed by atoms with Crippen LogP contribution in [0.2, 0.25) is 0 Å². The molecule has 2 aromatic rings. The first-order valence-corrected chi connectivity index (χ1v) is 16.9. The number of sulfone groups is 1. The highest BCUT2D eigenvalue weighted by Gasteiger charge is 2.54. The average molecular weight is 661 g/mol. The normalized spacial score (nSPS) is 23.2. The second kappa shape index (κ2) is 11.6. The molecule has 11 nitrogen and oxygen atoms in total. The number of aliphatic hydroxyl groups excluding tert-OH is 2. The SMILES string of the molecule is O=S(=O)(c1cncc(Br)c1)N1CCC2(CC1)CC(NCC(O)COc1cccc(S(=O)(=O)C3(CO)CC3)c1)CO2. The van der Waals surface area contributed by atoms with E-state index in [2.05, 4.69) is 26.2 Å². The van der Waals surface area contributed by atoms with E-state index in [0.29, 0.717) is 62.0 Å². The third-order valence-electron chi connectivity index (χ3n) is 8.03. The van der Waals surface area contributed by atoms with Gasteiger partial charge in [0.2, 0.25) is 10.0 Å². The van der Waals surface area contributed by atoms with E-state index < -0.39 is 42.9 Å². The van der Waals surface area contributed by atoms with E-state index >= 15 is 0 Å². The molecule has 1 saturated carbocycles.